The average molecular weight is 412 g/mol. The summed E-state index contributed by atoms with van der Waals surface area (Å²) in [4.78, 5) is 22.7. The average Bonchev–Trinajstić information content (AvgIpc) is 3.21. The zero-order chi connectivity index (χ0) is 20.5. The highest BCUT2D eigenvalue weighted by molar-refractivity contribution is 7.99. The Labute approximate surface area is 169 Å². The van der Waals surface area contributed by atoms with Crippen LogP contribution in [0.4, 0.5) is 0 Å². The first-order valence-electron chi connectivity index (χ1n) is 8.35. The molecule has 1 heterocycles. The summed E-state index contributed by atoms with van der Waals surface area (Å²) in [5.41, 5.74) is 3.73. The topological polar surface area (TPSA) is 132 Å². The number of hydrogen-bond donors (Lipinski definition) is 2. The van der Waals surface area contributed by atoms with Gasteiger partial charge < -0.3 is 9.84 Å². The normalized spacial score (nSPS) is 10.8. The summed E-state index contributed by atoms with van der Waals surface area (Å²) >= 11 is 1.17. The number of tetrazole rings is 1. The van der Waals surface area contributed by atoms with Gasteiger partial charge in [0.1, 0.15) is 5.75 Å². The molecule has 3 aromatic rings. The lowest BCUT2D eigenvalue weighted by Gasteiger charge is -2.06. The molecule has 0 bridgehead atoms. The van der Waals surface area contributed by atoms with Crippen LogP contribution in [-0.4, -0.2) is 55.8 Å². The molecule has 0 radical (unpaired) electrons. The summed E-state index contributed by atoms with van der Waals surface area (Å²) in [5, 5.41) is 24.6. The predicted molar refractivity (Wildman–Crippen MR) is 105 cm³/mol. The van der Waals surface area contributed by atoms with E-state index in [4.69, 9.17) is 9.84 Å². The van der Waals surface area contributed by atoms with Gasteiger partial charge in [0, 0.05) is 5.56 Å². The van der Waals surface area contributed by atoms with E-state index in [9.17, 15) is 9.59 Å². The molecule has 11 heteroatoms. The Bertz CT molecular complexity index is 1010. The van der Waals surface area contributed by atoms with Crippen LogP contribution in [0.25, 0.3) is 5.69 Å². The number of carboxylic acids is 1. The minimum atomic E-state index is -1.08. The highest BCUT2D eigenvalue weighted by Gasteiger charge is 2.11. The molecule has 148 valence electrons. The van der Waals surface area contributed by atoms with Crippen LogP contribution in [0.1, 0.15) is 5.56 Å². The monoisotopic (exact) mass is 412 g/mol. The van der Waals surface area contributed by atoms with Crippen LogP contribution in [-0.2, 0) is 9.59 Å². The number of carbonyl (C=O) groups excluding carboxylic acids is 1. The number of hydrazone groups is 1. The first-order valence-corrected chi connectivity index (χ1v) is 9.34. The molecule has 0 unspecified atom stereocenters. The second kappa shape index (κ2) is 9.99. The van der Waals surface area contributed by atoms with Crippen molar-refractivity contribution in [3.8, 4) is 11.4 Å². The smallest absolute Gasteiger partial charge is 0.341 e. The molecule has 3 rings (SSSR count). The largest absolute Gasteiger partial charge is 0.481 e. The number of thioether (sulfide) groups is 1. The Hall–Kier alpha value is -3.73. The van der Waals surface area contributed by atoms with Gasteiger partial charge in [-0.1, -0.05) is 42.1 Å². The molecule has 0 fully saturated rings. The molecular weight excluding hydrogens is 396 g/mol. The Morgan fingerprint density at radius 1 is 1.17 bits per heavy atom. The van der Waals surface area contributed by atoms with Crippen molar-refractivity contribution in [2.24, 2.45) is 5.10 Å². The lowest BCUT2D eigenvalue weighted by Crippen LogP contribution is -2.20. The third kappa shape index (κ3) is 5.87. The molecule has 0 saturated heterocycles. The van der Waals surface area contributed by atoms with Crippen molar-refractivity contribution < 1.29 is 19.4 Å². The van der Waals surface area contributed by atoms with Crippen molar-refractivity contribution in [1.29, 1.82) is 0 Å². The summed E-state index contributed by atoms with van der Waals surface area (Å²) in [7, 11) is 0. The molecule has 0 aliphatic rings. The molecule has 1 aromatic heterocycles. The maximum absolute atomic E-state index is 12.0. The van der Waals surface area contributed by atoms with Crippen LogP contribution >= 0.6 is 11.8 Å². The van der Waals surface area contributed by atoms with Gasteiger partial charge in [-0.2, -0.15) is 9.78 Å². The zero-order valence-corrected chi connectivity index (χ0v) is 15.8. The number of aromatic nitrogens is 4. The molecule has 10 nitrogen and oxygen atoms in total. The molecule has 2 aromatic carbocycles. The molecule has 1 amide bonds. The quantitative estimate of drug-likeness (QED) is 0.306. The number of amides is 1. The summed E-state index contributed by atoms with van der Waals surface area (Å²) < 4.78 is 6.71. The van der Waals surface area contributed by atoms with E-state index in [1.165, 1.54) is 22.7 Å². The molecular formula is C18H16N6O4S. The molecule has 0 aliphatic heterocycles. The molecule has 0 atom stereocenters. The Morgan fingerprint density at radius 3 is 2.72 bits per heavy atom. The van der Waals surface area contributed by atoms with Crippen LogP contribution in [0.5, 0.6) is 5.75 Å². The van der Waals surface area contributed by atoms with E-state index in [0.29, 0.717) is 16.5 Å². The highest BCUT2D eigenvalue weighted by atomic mass is 32.2. The third-order valence-electron chi connectivity index (χ3n) is 3.44. The van der Waals surface area contributed by atoms with Gasteiger partial charge in [-0.05, 0) is 34.7 Å². The van der Waals surface area contributed by atoms with Crippen LogP contribution in [0.3, 0.4) is 0 Å². The maximum Gasteiger partial charge on any atom is 0.341 e. The van der Waals surface area contributed by atoms with Crippen molar-refractivity contribution >= 4 is 29.9 Å². The lowest BCUT2D eigenvalue weighted by molar-refractivity contribution is -0.139. The first kappa shape index (κ1) is 20.0. The number of para-hydroxylation sites is 2. The number of carbonyl (C=O) groups is 2. The first-order chi connectivity index (χ1) is 14.1. The Kier molecular flexibility index (Phi) is 6.90. The molecule has 0 saturated carbocycles. The van der Waals surface area contributed by atoms with Gasteiger partial charge in [0.05, 0.1) is 17.7 Å². The number of hydrogen-bond acceptors (Lipinski definition) is 8. The van der Waals surface area contributed by atoms with E-state index in [1.807, 2.05) is 30.3 Å². The summed E-state index contributed by atoms with van der Waals surface area (Å²) in [6.45, 7) is -0.468. The Morgan fingerprint density at radius 2 is 1.93 bits per heavy atom. The molecule has 0 aliphatic carbocycles. The number of carboxylic acid groups (broad SMARTS) is 1. The van der Waals surface area contributed by atoms with Crippen LogP contribution in [0.2, 0.25) is 0 Å². The van der Waals surface area contributed by atoms with Crippen molar-refractivity contribution in [2.45, 2.75) is 5.16 Å². The second-order valence-corrected chi connectivity index (χ2v) is 6.45. The molecule has 29 heavy (non-hydrogen) atoms. The maximum atomic E-state index is 12.0. The van der Waals surface area contributed by atoms with Crippen molar-refractivity contribution in [1.82, 2.24) is 25.6 Å². The van der Waals surface area contributed by atoms with Gasteiger partial charge in [-0.3, -0.25) is 4.79 Å². The fraction of sp³-hybridized carbons (Fsp3) is 0.111. The zero-order valence-electron chi connectivity index (χ0n) is 15.0. The van der Waals surface area contributed by atoms with E-state index < -0.39 is 12.6 Å². The predicted octanol–water partition coefficient (Wildman–Crippen LogP) is 1.37. The fourth-order valence-corrected chi connectivity index (χ4v) is 2.88. The standard InChI is InChI=1S/C18H16N6O4S/c25-16(12-29-18-21-22-23-24(18)14-7-2-1-3-8-14)20-19-10-13-6-4-5-9-15(13)28-11-17(26)27/h1-10H,11-12H2,(H,20,25)(H,26,27)/b19-10+. The molecule has 2 N–H and O–H groups in total. The van der Waals surface area contributed by atoms with Crippen molar-refractivity contribution in [3.63, 3.8) is 0 Å². The van der Waals surface area contributed by atoms with Crippen LogP contribution in [0, 0.1) is 0 Å². The van der Waals surface area contributed by atoms with Crippen LogP contribution < -0.4 is 10.2 Å². The van der Waals surface area contributed by atoms with Gasteiger partial charge in [0.2, 0.25) is 5.16 Å². The highest BCUT2D eigenvalue weighted by Crippen LogP contribution is 2.18. The van der Waals surface area contributed by atoms with E-state index >= 15 is 0 Å². The van der Waals surface area contributed by atoms with Crippen molar-refractivity contribution in [2.75, 3.05) is 12.4 Å². The van der Waals surface area contributed by atoms with Gasteiger partial charge >= 0.3 is 5.97 Å². The van der Waals surface area contributed by atoms with E-state index in [0.717, 1.165) is 5.69 Å². The molecule has 0 spiro atoms. The van der Waals surface area contributed by atoms with E-state index in [-0.39, 0.29) is 11.7 Å². The lowest BCUT2D eigenvalue weighted by atomic mass is 10.2. The summed E-state index contributed by atoms with van der Waals surface area (Å²) in [6.07, 6.45) is 1.38. The number of ether oxygens (including phenoxy) is 1. The Balaban J connectivity index is 1.54. The third-order valence-corrected chi connectivity index (χ3v) is 4.36. The van der Waals surface area contributed by atoms with E-state index in [2.05, 4.69) is 26.1 Å². The SMILES string of the molecule is O=C(O)COc1ccccc1/C=N/NC(=O)CSc1nnnn1-c1ccccc1. The second-order valence-electron chi connectivity index (χ2n) is 5.51. The van der Waals surface area contributed by atoms with Gasteiger partial charge in [-0.25, -0.2) is 10.2 Å². The number of benzene rings is 2. The number of rotatable bonds is 9. The fourth-order valence-electron chi connectivity index (χ4n) is 2.19. The van der Waals surface area contributed by atoms with Crippen molar-refractivity contribution in [3.05, 3.63) is 60.2 Å². The number of nitrogens with one attached hydrogen (secondary N) is 1. The summed E-state index contributed by atoms with van der Waals surface area (Å²) in [5.74, 6) is -1.02. The van der Waals surface area contributed by atoms with E-state index in [1.54, 1.807) is 24.3 Å². The minimum absolute atomic E-state index is 0.0572. The minimum Gasteiger partial charge on any atom is -0.481 e. The number of aliphatic carboxylic acids is 1. The van der Waals surface area contributed by atoms with Gasteiger partial charge in [0.25, 0.3) is 5.91 Å². The van der Waals surface area contributed by atoms with Gasteiger partial charge in [0.15, 0.2) is 6.61 Å². The summed E-state index contributed by atoms with van der Waals surface area (Å²) in [6, 6.07) is 16.1. The van der Waals surface area contributed by atoms with Gasteiger partial charge in [-0.15, -0.1) is 5.10 Å². The number of nitrogens with zero attached hydrogens (tertiary/aromatic N) is 5. The van der Waals surface area contributed by atoms with Crippen LogP contribution in [0.15, 0.2) is 64.9 Å².